The van der Waals surface area contributed by atoms with E-state index in [1.54, 1.807) is 0 Å². The molecule has 12 heavy (non-hydrogen) atoms. The normalized spacial score (nSPS) is 11.8. The van der Waals surface area contributed by atoms with Crippen LogP contribution in [0.25, 0.3) is 0 Å². The van der Waals surface area contributed by atoms with Gasteiger partial charge in [0.2, 0.25) is 0 Å². The van der Waals surface area contributed by atoms with Crippen molar-refractivity contribution in [1.82, 2.24) is 4.98 Å². The van der Waals surface area contributed by atoms with Crippen molar-refractivity contribution < 1.29 is 13.2 Å². The minimum absolute atomic E-state index is 0.204. The van der Waals surface area contributed by atoms with Gasteiger partial charge in [0.1, 0.15) is 4.60 Å². The average Bonchev–Trinajstić information content (AvgIpc) is 1.82. The first-order valence-electron chi connectivity index (χ1n) is 3.11. The van der Waals surface area contributed by atoms with E-state index in [1.165, 1.54) is 6.92 Å². The van der Waals surface area contributed by atoms with Crippen LogP contribution in [-0.2, 0) is 6.18 Å². The molecule has 0 fully saturated rings. The molecule has 5 heteroatoms. The fourth-order valence-electron chi connectivity index (χ4n) is 0.792. The number of aryl methyl sites for hydroxylation is 1. The summed E-state index contributed by atoms with van der Waals surface area (Å²) in [5, 5.41) is 0. The summed E-state index contributed by atoms with van der Waals surface area (Å²) in [4.78, 5) is 3.76. The van der Waals surface area contributed by atoms with Crippen LogP contribution in [0, 0.1) is 6.92 Å². The van der Waals surface area contributed by atoms with Gasteiger partial charge in [-0.05, 0) is 35.0 Å². The fraction of sp³-hybridized carbons (Fsp3) is 0.286. The van der Waals surface area contributed by atoms with E-state index in [1.807, 2.05) is 0 Å². The zero-order valence-electron chi connectivity index (χ0n) is 6.11. The van der Waals surface area contributed by atoms with E-state index in [2.05, 4.69) is 20.9 Å². The van der Waals surface area contributed by atoms with Crippen molar-refractivity contribution in [2.24, 2.45) is 0 Å². The van der Waals surface area contributed by atoms with Gasteiger partial charge in [0.25, 0.3) is 0 Å². The van der Waals surface area contributed by atoms with E-state index in [4.69, 9.17) is 0 Å². The van der Waals surface area contributed by atoms with E-state index in [0.717, 1.165) is 12.1 Å². The molecule has 0 unspecified atom stereocenters. The zero-order valence-corrected chi connectivity index (χ0v) is 7.70. The van der Waals surface area contributed by atoms with E-state index in [9.17, 15) is 13.2 Å². The maximum absolute atomic E-state index is 12.1. The van der Waals surface area contributed by atoms with Crippen molar-refractivity contribution in [3.63, 3.8) is 0 Å². The van der Waals surface area contributed by atoms with Crippen molar-refractivity contribution >= 4 is 15.9 Å². The summed E-state index contributed by atoms with van der Waals surface area (Å²) in [5.74, 6) is 0. The van der Waals surface area contributed by atoms with Crippen LogP contribution in [0.1, 0.15) is 11.3 Å². The Morgan fingerprint density at radius 2 is 1.92 bits per heavy atom. The highest BCUT2D eigenvalue weighted by atomic mass is 79.9. The second-order valence-corrected chi connectivity index (χ2v) is 3.13. The molecule has 1 nitrogen and oxygen atoms in total. The van der Waals surface area contributed by atoms with Gasteiger partial charge in [0, 0.05) is 5.69 Å². The monoisotopic (exact) mass is 239 g/mol. The lowest BCUT2D eigenvalue weighted by Crippen LogP contribution is -2.05. The number of hydrogen-bond donors (Lipinski definition) is 0. The highest BCUT2D eigenvalue weighted by Crippen LogP contribution is 2.30. The molecule has 0 N–H and O–H groups in total. The molecule has 0 saturated carbocycles. The average molecular weight is 240 g/mol. The third-order valence-corrected chi connectivity index (χ3v) is 1.66. The molecule has 66 valence electrons. The molecular weight excluding hydrogens is 235 g/mol. The molecular formula is C7H5BrF3N. The first kappa shape index (κ1) is 9.51. The number of rotatable bonds is 0. The minimum atomic E-state index is -4.30. The Hall–Kier alpha value is -0.580. The summed E-state index contributed by atoms with van der Waals surface area (Å²) in [6.07, 6.45) is -4.30. The van der Waals surface area contributed by atoms with E-state index >= 15 is 0 Å². The summed E-state index contributed by atoms with van der Waals surface area (Å²) in [6.45, 7) is 1.51. The highest BCUT2D eigenvalue weighted by molar-refractivity contribution is 9.10. The van der Waals surface area contributed by atoms with Crippen molar-refractivity contribution in [2.45, 2.75) is 13.1 Å². The van der Waals surface area contributed by atoms with Gasteiger partial charge in [0.15, 0.2) is 0 Å². The predicted molar refractivity (Wildman–Crippen MR) is 41.7 cm³/mol. The highest BCUT2D eigenvalue weighted by Gasteiger charge is 2.30. The van der Waals surface area contributed by atoms with Crippen LogP contribution in [0.3, 0.4) is 0 Å². The first-order chi connectivity index (χ1) is 5.39. The third-order valence-electron chi connectivity index (χ3n) is 1.25. The summed E-state index contributed by atoms with van der Waals surface area (Å²) >= 11 is 2.89. The lowest BCUT2D eigenvalue weighted by Gasteiger charge is -2.06. The molecule has 1 aromatic heterocycles. The molecule has 1 heterocycles. The van der Waals surface area contributed by atoms with E-state index in [-0.39, 0.29) is 4.60 Å². The van der Waals surface area contributed by atoms with Crippen molar-refractivity contribution in [1.29, 1.82) is 0 Å². The second-order valence-electron chi connectivity index (χ2n) is 2.32. The van der Waals surface area contributed by atoms with Crippen molar-refractivity contribution in [2.75, 3.05) is 0 Å². The maximum atomic E-state index is 12.1. The molecule has 1 rings (SSSR count). The molecule has 0 atom stereocenters. The quantitative estimate of drug-likeness (QED) is 0.634. The topological polar surface area (TPSA) is 12.9 Å². The van der Waals surface area contributed by atoms with Gasteiger partial charge in [-0.25, -0.2) is 4.98 Å². The molecule has 0 aliphatic carbocycles. The zero-order chi connectivity index (χ0) is 9.35. The van der Waals surface area contributed by atoms with Gasteiger partial charge in [-0.2, -0.15) is 13.2 Å². The van der Waals surface area contributed by atoms with Gasteiger partial charge in [0.05, 0.1) is 5.56 Å². The minimum Gasteiger partial charge on any atom is -0.246 e. The summed E-state index contributed by atoms with van der Waals surface area (Å²) in [7, 11) is 0. The second kappa shape index (κ2) is 3.05. The lowest BCUT2D eigenvalue weighted by atomic mass is 10.2. The van der Waals surface area contributed by atoms with Crippen LogP contribution in [0.2, 0.25) is 0 Å². The van der Waals surface area contributed by atoms with Gasteiger partial charge in [-0.15, -0.1) is 0 Å². The van der Waals surface area contributed by atoms with Crippen LogP contribution in [-0.4, -0.2) is 4.98 Å². The third kappa shape index (κ3) is 2.20. The van der Waals surface area contributed by atoms with E-state index in [0.29, 0.717) is 5.69 Å². The number of aromatic nitrogens is 1. The van der Waals surface area contributed by atoms with Crippen LogP contribution >= 0.6 is 15.9 Å². The van der Waals surface area contributed by atoms with Crippen molar-refractivity contribution in [3.8, 4) is 0 Å². The Bertz CT molecular complexity index is 275. The molecule has 0 amide bonds. The summed E-state index contributed by atoms with van der Waals surface area (Å²) < 4.78 is 36.5. The molecule has 0 radical (unpaired) electrons. The Labute approximate surface area is 75.7 Å². The molecule has 0 aliphatic heterocycles. The number of nitrogens with zero attached hydrogens (tertiary/aromatic N) is 1. The standard InChI is InChI=1S/C7H5BrF3N/c1-4-2-5(7(9,10)11)3-6(8)12-4/h2-3H,1H3. The molecule has 0 bridgehead atoms. The fourth-order valence-corrected chi connectivity index (χ4v) is 1.32. The largest absolute Gasteiger partial charge is 0.416 e. The molecule has 0 saturated heterocycles. The number of halogens is 4. The van der Waals surface area contributed by atoms with Crippen LogP contribution in [0.5, 0.6) is 0 Å². The van der Waals surface area contributed by atoms with Gasteiger partial charge >= 0.3 is 6.18 Å². The summed E-state index contributed by atoms with van der Waals surface area (Å²) in [6, 6.07) is 1.96. The number of pyridine rings is 1. The maximum Gasteiger partial charge on any atom is 0.416 e. The first-order valence-corrected chi connectivity index (χ1v) is 3.90. The molecule has 0 spiro atoms. The SMILES string of the molecule is Cc1cc(C(F)(F)F)cc(Br)n1. The van der Waals surface area contributed by atoms with Gasteiger partial charge < -0.3 is 0 Å². The molecule has 0 aliphatic rings. The number of hydrogen-bond acceptors (Lipinski definition) is 1. The van der Waals surface area contributed by atoms with Crippen molar-refractivity contribution in [3.05, 3.63) is 28.0 Å². The smallest absolute Gasteiger partial charge is 0.246 e. The Morgan fingerprint density at radius 3 is 2.33 bits per heavy atom. The summed E-state index contributed by atoms with van der Waals surface area (Å²) in [5.41, 5.74) is -0.335. The Kier molecular flexibility index (Phi) is 2.41. The lowest BCUT2D eigenvalue weighted by molar-refractivity contribution is -0.137. The molecule has 0 aromatic carbocycles. The van der Waals surface area contributed by atoms with Gasteiger partial charge in [-0.3, -0.25) is 0 Å². The Morgan fingerprint density at radius 1 is 1.33 bits per heavy atom. The van der Waals surface area contributed by atoms with Crippen LogP contribution in [0.4, 0.5) is 13.2 Å². The van der Waals surface area contributed by atoms with Gasteiger partial charge in [-0.1, -0.05) is 0 Å². The van der Waals surface area contributed by atoms with Crippen LogP contribution in [0.15, 0.2) is 16.7 Å². The molecule has 1 aromatic rings. The van der Waals surface area contributed by atoms with Crippen LogP contribution < -0.4 is 0 Å². The van der Waals surface area contributed by atoms with E-state index < -0.39 is 11.7 Å². The number of alkyl halides is 3. The predicted octanol–water partition coefficient (Wildman–Crippen LogP) is 3.17. The Balaban J connectivity index is 3.18.